The Morgan fingerprint density at radius 2 is 2.23 bits per heavy atom. The van der Waals surface area contributed by atoms with Gasteiger partial charge in [0.1, 0.15) is 11.3 Å². The molecule has 122 valence electrons. The van der Waals surface area contributed by atoms with Gasteiger partial charge in [-0.25, -0.2) is 0 Å². The summed E-state index contributed by atoms with van der Waals surface area (Å²) < 4.78 is 5.04. The molecule has 0 bridgehead atoms. The fourth-order valence-electron chi connectivity index (χ4n) is 2.47. The number of nitro groups is 1. The monoisotopic (exact) mass is 329 g/mol. The molecule has 0 radical (unpaired) electrons. The van der Waals surface area contributed by atoms with Crippen molar-refractivity contribution in [1.82, 2.24) is 10.6 Å². The van der Waals surface area contributed by atoms with Crippen molar-refractivity contribution in [3.8, 4) is 5.75 Å². The smallest absolute Gasteiger partial charge is 0.282 e. The molecule has 0 aromatic heterocycles. The predicted molar refractivity (Wildman–Crippen MR) is 84.8 cm³/mol. The third-order valence-electron chi connectivity index (χ3n) is 3.72. The second-order valence-corrected chi connectivity index (χ2v) is 5.11. The highest BCUT2D eigenvalue weighted by atomic mass is 35.5. The maximum Gasteiger partial charge on any atom is 0.282 e. The van der Waals surface area contributed by atoms with E-state index in [-0.39, 0.29) is 35.7 Å². The topological polar surface area (TPSA) is 93.5 Å². The molecule has 0 saturated carbocycles. The zero-order valence-corrected chi connectivity index (χ0v) is 13.3. The van der Waals surface area contributed by atoms with Gasteiger partial charge in [-0.15, -0.1) is 12.4 Å². The van der Waals surface area contributed by atoms with Gasteiger partial charge in [0, 0.05) is 18.2 Å². The Labute approximate surface area is 135 Å². The first-order valence-corrected chi connectivity index (χ1v) is 6.89. The van der Waals surface area contributed by atoms with Crippen LogP contribution >= 0.6 is 12.4 Å². The Kier molecular flexibility index (Phi) is 6.58. The molecule has 1 aliphatic heterocycles. The molecule has 0 spiro atoms. The lowest BCUT2D eigenvalue weighted by molar-refractivity contribution is -0.385. The molecule has 2 atom stereocenters. The Morgan fingerprint density at radius 3 is 2.82 bits per heavy atom. The summed E-state index contributed by atoms with van der Waals surface area (Å²) in [6.45, 7) is 2.91. The summed E-state index contributed by atoms with van der Waals surface area (Å²) in [7, 11) is 1.45. The number of benzene rings is 1. The Hall–Kier alpha value is -1.86. The normalized spacial score (nSPS) is 20.6. The average Bonchev–Trinajstić information content (AvgIpc) is 2.48. The zero-order valence-electron chi connectivity index (χ0n) is 12.5. The van der Waals surface area contributed by atoms with Crippen LogP contribution in [0.25, 0.3) is 0 Å². The zero-order chi connectivity index (χ0) is 15.4. The lowest BCUT2D eigenvalue weighted by Gasteiger charge is -2.30. The minimum Gasteiger partial charge on any atom is -0.497 e. The van der Waals surface area contributed by atoms with Gasteiger partial charge in [0.2, 0.25) is 0 Å². The SMILES string of the molecule is COc1ccc([N+](=O)[O-])c(C(=O)NC2CCCNC2C)c1.Cl. The van der Waals surface area contributed by atoms with E-state index >= 15 is 0 Å². The van der Waals surface area contributed by atoms with Crippen molar-refractivity contribution in [3.05, 3.63) is 33.9 Å². The van der Waals surface area contributed by atoms with Gasteiger partial charge in [-0.2, -0.15) is 0 Å². The van der Waals surface area contributed by atoms with Crippen molar-refractivity contribution < 1.29 is 14.5 Å². The van der Waals surface area contributed by atoms with Crippen LogP contribution in [0.15, 0.2) is 18.2 Å². The molecule has 1 amide bonds. The van der Waals surface area contributed by atoms with E-state index in [9.17, 15) is 14.9 Å². The molecule has 0 aliphatic carbocycles. The maximum atomic E-state index is 12.4. The average molecular weight is 330 g/mol. The van der Waals surface area contributed by atoms with E-state index in [1.54, 1.807) is 0 Å². The summed E-state index contributed by atoms with van der Waals surface area (Å²) in [6, 6.07) is 4.27. The van der Waals surface area contributed by atoms with E-state index in [0.29, 0.717) is 5.75 Å². The molecule has 2 unspecified atom stereocenters. The van der Waals surface area contributed by atoms with Gasteiger partial charge in [0.25, 0.3) is 11.6 Å². The fourth-order valence-corrected chi connectivity index (χ4v) is 2.47. The van der Waals surface area contributed by atoms with Crippen LogP contribution in [0.5, 0.6) is 5.75 Å². The van der Waals surface area contributed by atoms with Crippen molar-refractivity contribution >= 4 is 24.0 Å². The molecule has 1 aromatic rings. The Balaban J connectivity index is 0.00000242. The molecular formula is C14H20ClN3O4. The van der Waals surface area contributed by atoms with Crippen LogP contribution in [0.3, 0.4) is 0 Å². The summed E-state index contributed by atoms with van der Waals surface area (Å²) in [5.41, 5.74) is -0.193. The lowest BCUT2D eigenvalue weighted by Crippen LogP contribution is -2.51. The number of rotatable bonds is 4. The highest BCUT2D eigenvalue weighted by Crippen LogP contribution is 2.24. The molecular weight excluding hydrogens is 310 g/mol. The van der Waals surface area contributed by atoms with Crippen LogP contribution < -0.4 is 15.4 Å². The van der Waals surface area contributed by atoms with E-state index in [1.165, 1.54) is 25.3 Å². The quantitative estimate of drug-likeness (QED) is 0.650. The number of ether oxygens (including phenoxy) is 1. The van der Waals surface area contributed by atoms with Crippen LogP contribution in [0.1, 0.15) is 30.1 Å². The van der Waals surface area contributed by atoms with Gasteiger partial charge in [-0.1, -0.05) is 0 Å². The highest BCUT2D eigenvalue weighted by Gasteiger charge is 2.26. The predicted octanol–water partition coefficient (Wildman–Crippen LogP) is 1.90. The first-order valence-electron chi connectivity index (χ1n) is 6.89. The number of nitrogens with one attached hydrogen (secondary N) is 2. The Bertz CT molecular complexity index is 553. The molecule has 7 nitrogen and oxygen atoms in total. The first-order chi connectivity index (χ1) is 10.0. The van der Waals surface area contributed by atoms with E-state index in [0.717, 1.165) is 19.4 Å². The van der Waals surface area contributed by atoms with E-state index in [4.69, 9.17) is 4.74 Å². The van der Waals surface area contributed by atoms with Crippen LogP contribution in [0, 0.1) is 10.1 Å². The third-order valence-corrected chi connectivity index (χ3v) is 3.72. The first kappa shape index (κ1) is 18.2. The van der Waals surface area contributed by atoms with E-state index in [2.05, 4.69) is 10.6 Å². The number of hydrogen-bond donors (Lipinski definition) is 2. The van der Waals surface area contributed by atoms with Gasteiger partial charge in [-0.3, -0.25) is 14.9 Å². The molecule has 1 saturated heterocycles. The molecule has 1 aliphatic rings. The van der Waals surface area contributed by atoms with Crippen LogP contribution in [-0.2, 0) is 0 Å². The molecule has 1 aromatic carbocycles. The van der Waals surface area contributed by atoms with Gasteiger partial charge in [-0.05, 0) is 38.4 Å². The highest BCUT2D eigenvalue weighted by molar-refractivity contribution is 5.98. The molecule has 1 fully saturated rings. The standard InChI is InChI=1S/C14H19N3O4.ClH/c1-9-12(4-3-7-15-9)16-14(18)11-8-10(21-2)5-6-13(11)17(19)20;/h5-6,8-9,12,15H,3-4,7H2,1-2H3,(H,16,18);1H. The summed E-state index contributed by atoms with van der Waals surface area (Å²) >= 11 is 0. The minimum absolute atomic E-state index is 0. The number of carbonyl (C=O) groups excluding carboxylic acids is 1. The number of halogens is 1. The molecule has 22 heavy (non-hydrogen) atoms. The summed E-state index contributed by atoms with van der Waals surface area (Å²) in [4.78, 5) is 22.8. The van der Waals surface area contributed by atoms with Crippen molar-refractivity contribution in [1.29, 1.82) is 0 Å². The van der Waals surface area contributed by atoms with Gasteiger partial charge < -0.3 is 15.4 Å². The number of hydrogen-bond acceptors (Lipinski definition) is 5. The number of methoxy groups -OCH3 is 1. The molecule has 1 heterocycles. The molecule has 2 N–H and O–H groups in total. The van der Waals surface area contributed by atoms with Crippen LogP contribution in [0.2, 0.25) is 0 Å². The van der Waals surface area contributed by atoms with Gasteiger partial charge >= 0.3 is 0 Å². The van der Waals surface area contributed by atoms with Gasteiger partial charge in [0.05, 0.1) is 12.0 Å². The molecule has 8 heteroatoms. The summed E-state index contributed by atoms with van der Waals surface area (Å²) in [5, 5.41) is 17.2. The largest absolute Gasteiger partial charge is 0.497 e. The second kappa shape index (κ2) is 7.95. The molecule has 2 rings (SSSR count). The van der Waals surface area contributed by atoms with Gasteiger partial charge in [0.15, 0.2) is 0 Å². The Morgan fingerprint density at radius 1 is 1.50 bits per heavy atom. The number of nitrogens with zero attached hydrogens (tertiary/aromatic N) is 1. The number of carbonyl (C=O) groups is 1. The minimum atomic E-state index is -0.559. The maximum absolute atomic E-state index is 12.4. The fraction of sp³-hybridized carbons (Fsp3) is 0.500. The number of nitro benzene ring substituents is 1. The van der Waals surface area contributed by atoms with Crippen LogP contribution in [0.4, 0.5) is 5.69 Å². The number of amides is 1. The lowest BCUT2D eigenvalue weighted by atomic mass is 9.99. The van der Waals surface area contributed by atoms with E-state index in [1.807, 2.05) is 6.92 Å². The summed E-state index contributed by atoms with van der Waals surface area (Å²) in [6.07, 6.45) is 1.83. The second-order valence-electron chi connectivity index (χ2n) is 5.11. The van der Waals surface area contributed by atoms with Crippen molar-refractivity contribution in [3.63, 3.8) is 0 Å². The third kappa shape index (κ3) is 4.08. The van der Waals surface area contributed by atoms with E-state index < -0.39 is 10.8 Å². The number of piperidine rings is 1. The summed E-state index contributed by atoms with van der Waals surface area (Å²) in [5.74, 6) is -0.0262. The van der Waals surface area contributed by atoms with Crippen molar-refractivity contribution in [2.24, 2.45) is 0 Å². The van der Waals surface area contributed by atoms with Crippen molar-refractivity contribution in [2.45, 2.75) is 31.8 Å². The van der Waals surface area contributed by atoms with Crippen LogP contribution in [-0.4, -0.2) is 36.6 Å². The van der Waals surface area contributed by atoms with Crippen molar-refractivity contribution in [2.75, 3.05) is 13.7 Å².